The molecule has 1 aromatic carbocycles. The highest BCUT2D eigenvalue weighted by Gasteiger charge is 2.17. The van der Waals surface area contributed by atoms with Crippen molar-refractivity contribution in [2.45, 2.75) is 5.92 Å². The highest BCUT2D eigenvalue weighted by molar-refractivity contribution is 5.82. The van der Waals surface area contributed by atoms with Gasteiger partial charge in [0, 0.05) is 35.8 Å². The number of para-hydroxylation sites is 1. The van der Waals surface area contributed by atoms with E-state index in [1.807, 2.05) is 36.5 Å². The molecular weight excluding hydrogens is 224 g/mol. The van der Waals surface area contributed by atoms with Gasteiger partial charge in [-0.15, -0.1) is 0 Å². The van der Waals surface area contributed by atoms with E-state index in [-0.39, 0.29) is 5.92 Å². The minimum atomic E-state index is 0.127. The number of furan rings is 1. The van der Waals surface area contributed by atoms with Crippen LogP contribution < -0.4 is 5.73 Å². The summed E-state index contributed by atoms with van der Waals surface area (Å²) < 4.78 is 5.58. The highest BCUT2D eigenvalue weighted by atomic mass is 16.3. The number of hydrogen-bond donors (Lipinski definition) is 1. The molecule has 18 heavy (non-hydrogen) atoms. The van der Waals surface area contributed by atoms with Gasteiger partial charge >= 0.3 is 0 Å². The Morgan fingerprint density at radius 3 is 2.83 bits per heavy atom. The van der Waals surface area contributed by atoms with Crippen molar-refractivity contribution in [3.8, 4) is 0 Å². The van der Waals surface area contributed by atoms with Gasteiger partial charge in [0.1, 0.15) is 5.58 Å². The Labute approximate surface area is 105 Å². The molecule has 2 N–H and O–H groups in total. The average Bonchev–Trinajstić information content (AvgIpc) is 2.85. The van der Waals surface area contributed by atoms with Crippen molar-refractivity contribution >= 4 is 11.0 Å². The first-order chi connectivity index (χ1) is 8.90. The number of fused-ring (bicyclic) bond motifs is 1. The number of nitrogens with zero attached hydrogens (tertiary/aromatic N) is 1. The molecule has 3 nitrogen and oxygen atoms in total. The van der Waals surface area contributed by atoms with Gasteiger partial charge in [-0.05, 0) is 17.7 Å². The molecule has 3 aromatic rings. The summed E-state index contributed by atoms with van der Waals surface area (Å²) in [6.45, 7) is 0.537. The van der Waals surface area contributed by atoms with Crippen LogP contribution in [0.3, 0.4) is 0 Å². The third-order valence-electron chi connectivity index (χ3n) is 3.21. The third kappa shape index (κ3) is 1.79. The van der Waals surface area contributed by atoms with E-state index in [1.165, 1.54) is 0 Å². The van der Waals surface area contributed by atoms with Crippen LogP contribution in [-0.4, -0.2) is 11.5 Å². The predicted molar refractivity (Wildman–Crippen MR) is 71.3 cm³/mol. The first kappa shape index (κ1) is 11.0. The molecule has 0 saturated heterocycles. The molecule has 0 saturated carbocycles. The molecule has 1 unspecified atom stereocenters. The summed E-state index contributed by atoms with van der Waals surface area (Å²) in [6, 6.07) is 12.0. The fourth-order valence-corrected chi connectivity index (χ4v) is 2.29. The molecule has 0 bridgehead atoms. The number of pyridine rings is 1. The summed E-state index contributed by atoms with van der Waals surface area (Å²) in [5.41, 5.74) is 9.06. The summed E-state index contributed by atoms with van der Waals surface area (Å²) in [7, 11) is 0. The molecule has 2 aromatic heterocycles. The zero-order valence-corrected chi connectivity index (χ0v) is 9.91. The second-order valence-corrected chi connectivity index (χ2v) is 4.26. The van der Waals surface area contributed by atoms with Crippen LogP contribution in [0.2, 0.25) is 0 Å². The van der Waals surface area contributed by atoms with Gasteiger partial charge in [-0.3, -0.25) is 4.98 Å². The van der Waals surface area contributed by atoms with Gasteiger partial charge in [0.2, 0.25) is 0 Å². The van der Waals surface area contributed by atoms with Crippen LogP contribution in [0.15, 0.2) is 59.5 Å². The van der Waals surface area contributed by atoms with E-state index >= 15 is 0 Å². The zero-order valence-electron chi connectivity index (χ0n) is 9.91. The second-order valence-electron chi connectivity index (χ2n) is 4.26. The molecule has 0 fully saturated rings. The van der Waals surface area contributed by atoms with Gasteiger partial charge in [-0.2, -0.15) is 0 Å². The molecule has 3 heteroatoms. The Morgan fingerprint density at radius 2 is 2.06 bits per heavy atom. The summed E-state index contributed by atoms with van der Waals surface area (Å²) >= 11 is 0. The molecule has 3 rings (SSSR count). The number of hydrogen-bond acceptors (Lipinski definition) is 3. The normalized spacial score (nSPS) is 12.7. The van der Waals surface area contributed by atoms with Crippen LogP contribution in [-0.2, 0) is 0 Å². The quantitative estimate of drug-likeness (QED) is 0.763. The van der Waals surface area contributed by atoms with E-state index in [0.717, 1.165) is 22.1 Å². The SMILES string of the molecule is NCC(c1cccnc1)c1coc2ccccc12. The van der Waals surface area contributed by atoms with Crippen molar-refractivity contribution in [2.24, 2.45) is 5.73 Å². The lowest BCUT2D eigenvalue weighted by molar-refractivity contribution is 0.606. The minimum Gasteiger partial charge on any atom is -0.464 e. The Bertz CT molecular complexity index is 646. The summed E-state index contributed by atoms with van der Waals surface area (Å²) in [6.07, 6.45) is 5.43. The minimum absolute atomic E-state index is 0.127. The zero-order chi connectivity index (χ0) is 12.4. The summed E-state index contributed by atoms with van der Waals surface area (Å²) in [5.74, 6) is 0.127. The maximum absolute atomic E-state index is 5.92. The first-order valence-corrected chi connectivity index (χ1v) is 5.96. The number of rotatable bonds is 3. The van der Waals surface area contributed by atoms with Crippen molar-refractivity contribution in [1.82, 2.24) is 4.98 Å². The van der Waals surface area contributed by atoms with Gasteiger partial charge in [0.15, 0.2) is 0 Å². The van der Waals surface area contributed by atoms with Crippen molar-refractivity contribution in [3.63, 3.8) is 0 Å². The molecule has 1 atom stereocenters. The number of aromatic nitrogens is 1. The standard InChI is InChI=1S/C15H14N2O/c16-8-13(11-4-3-7-17-9-11)14-10-18-15-6-2-1-5-12(14)15/h1-7,9-10,13H,8,16H2. The largest absolute Gasteiger partial charge is 0.464 e. The first-order valence-electron chi connectivity index (χ1n) is 5.96. The van der Waals surface area contributed by atoms with Crippen LogP contribution in [0.25, 0.3) is 11.0 Å². The molecule has 0 aliphatic rings. The Balaban J connectivity index is 2.12. The van der Waals surface area contributed by atoms with Gasteiger partial charge in [-0.25, -0.2) is 0 Å². The van der Waals surface area contributed by atoms with E-state index in [1.54, 1.807) is 12.5 Å². The molecule has 90 valence electrons. The fourth-order valence-electron chi connectivity index (χ4n) is 2.29. The van der Waals surface area contributed by atoms with Crippen molar-refractivity contribution < 1.29 is 4.42 Å². The lowest BCUT2D eigenvalue weighted by Gasteiger charge is -2.13. The molecule has 0 aliphatic carbocycles. The van der Waals surface area contributed by atoms with Gasteiger partial charge < -0.3 is 10.2 Å². The predicted octanol–water partition coefficient (Wildman–Crippen LogP) is 2.92. The molecule has 0 aliphatic heterocycles. The Hall–Kier alpha value is -2.13. The van der Waals surface area contributed by atoms with Crippen LogP contribution in [0.4, 0.5) is 0 Å². The average molecular weight is 238 g/mol. The van der Waals surface area contributed by atoms with E-state index in [0.29, 0.717) is 6.54 Å². The maximum atomic E-state index is 5.92. The van der Waals surface area contributed by atoms with Crippen molar-refractivity contribution in [2.75, 3.05) is 6.54 Å². The molecule has 0 radical (unpaired) electrons. The van der Waals surface area contributed by atoms with Crippen molar-refractivity contribution in [1.29, 1.82) is 0 Å². The second kappa shape index (κ2) is 4.63. The monoisotopic (exact) mass is 238 g/mol. The van der Waals surface area contributed by atoms with Gasteiger partial charge in [0.05, 0.1) is 6.26 Å². The maximum Gasteiger partial charge on any atom is 0.134 e. The van der Waals surface area contributed by atoms with Crippen LogP contribution in [0.1, 0.15) is 17.0 Å². The van der Waals surface area contributed by atoms with Crippen LogP contribution in [0, 0.1) is 0 Å². The van der Waals surface area contributed by atoms with Gasteiger partial charge in [-0.1, -0.05) is 24.3 Å². The highest BCUT2D eigenvalue weighted by Crippen LogP contribution is 2.31. The summed E-state index contributed by atoms with van der Waals surface area (Å²) in [4.78, 5) is 4.16. The van der Waals surface area contributed by atoms with Crippen LogP contribution in [0.5, 0.6) is 0 Å². The summed E-state index contributed by atoms with van der Waals surface area (Å²) in [5, 5.41) is 1.12. The van der Waals surface area contributed by atoms with E-state index < -0.39 is 0 Å². The Kier molecular flexibility index (Phi) is 2.82. The molecule has 0 spiro atoms. The van der Waals surface area contributed by atoms with E-state index in [9.17, 15) is 0 Å². The Morgan fingerprint density at radius 1 is 1.17 bits per heavy atom. The van der Waals surface area contributed by atoms with Crippen molar-refractivity contribution in [3.05, 3.63) is 66.2 Å². The smallest absolute Gasteiger partial charge is 0.134 e. The number of benzene rings is 1. The van der Waals surface area contributed by atoms with Crippen LogP contribution >= 0.6 is 0 Å². The third-order valence-corrected chi connectivity index (χ3v) is 3.21. The molecule has 0 amide bonds. The lowest BCUT2D eigenvalue weighted by atomic mass is 9.92. The fraction of sp³-hybridized carbons (Fsp3) is 0.133. The molecule has 2 heterocycles. The lowest BCUT2D eigenvalue weighted by Crippen LogP contribution is -2.13. The van der Waals surface area contributed by atoms with E-state index in [2.05, 4.69) is 11.1 Å². The topological polar surface area (TPSA) is 52.0 Å². The van der Waals surface area contributed by atoms with E-state index in [4.69, 9.17) is 10.2 Å². The molecular formula is C15H14N2O. The van der Waals surface area contributed by atoms with Gasteiger partial charge in [0.25, 0.3) is 0 Å². The number of nitrogens with two attached hydrogens (primary N) is 1.